The van der Waals surface area contributed by atoms with Crippen molar-refractivity contribution in [3.63, 3.8) is 0 Å². The van der Waals surface area contributed by atoms with Gasteiger partial charge >= 0.3 is 6.09 Å². The first-order valence-electron chi connectivity index (χ1n) is 5.42. The average molecular weight is 234 g/mol. The molecule has 0 radical (unpaired) electrons. The van der Waals surface area contributed by atoms with Crippen LogP contribution in [-0.4, -0.2) is 33.8 Å². The zero-order valence-corrected chi connectivity index (χ0v) is 9.59. The van der Waals surface area contributed by atoms with Gasteiger partial charge < -0.3 is 14.6 Å². The Labute approximate surface area is 98.6 Å². The topological polar surface area (TPSA) is 62.5 Å². The molecule has 0 saturated carbocycles. The van der Waals surface area contributed by atoms with Gasteiger partial charge in [-0.2, -0.15) is 0 Å². The Hall–Kier alpha value is -2.04. The summed E-state index contributed by atoms with van der Waals surface area (Å²) in [5.74, 6) is 0. The molecule has 5 nitrogen and oxygen atoms in total. The first kappa shape index (κ1) is 11.4. The summed E-state index contributed by atoms with van der Waals surface area (Å²) < 4.78 is 1.50. The van der Waals surface area contributed by atoms with Gasteiger partial charge in [-0.25, -0.2) is 4.79 Å². The molecule has 0 atom stereocenters. The van der Waals surface area contributed by atoms with Crippen LogP contribution in [0, 0.1) is 0 Å². The number of hydrogen-bond acceptors (Lipinski definition) is 2. The molecule has 1 aromatic heterocycles. The molecule has 2 rings (SSSR count). The van der Waals surface area contributed by atoms with Crippen LogP contribution in [0.5, 0.6) is 0 Å². The van der Waals surface area contributed by atoms with Gasteiger partial charge in [0.05, 0.1) is 0 Å². The van der Waals surface area contributed by atoms with Crippen LogP contribution in [-0.2, 0) is 7.05 Å². The fraction of sp³-hybridized carbons (Fsp3) is 0.333. The number of carboxylic acid groups (broad SMARTS) is 1. The Morgan fingerprint density at radius 2 is 2.24 bits per heavy atom. The van der Waals surface area contributed by atoms with Crippen LogP contribution < -0.4 is 5.56 Å². The maximum Gasteiger partial charge on any atom is 0.407 e. The third-order valence-corrected chi connectivity index (χ3v) is 2.89. The number of nitrogens with zero attached hydrogens (tertiary/aromatic N) is 2. The van der Waals surface area contributed by atoms with E-state index in [0.717, 1.165) is 5.57 Å². The molecule has 1 amide bonds. The van der Waals surface area contributed by atoms with Crippen LogP contribution in [0.25, 0.3) is 5.57 Å². The van der Waals surface area contributed by atoms with E-state index in [-0.39, 0.29) is 12.1 Å². The van der Waals surface area contributed by atoms with Crippen LogP contribution in [0.3, 0.4) is 0 Å². The summed E-state index contributed by atoms with van der Waals surface area (Å²) in [6, 6.07) is 3.52. The van der Waals surface area contributed by atoms with E-state index in [9.17, 15) is 9.59 Å². The number of rotatable bonds is 1. The monoisotopic (exact) mass is 234 g/mol. The van der Waals surface area contributed by atoms with Gasteiger partial charge in [-0.15, -0.1) is 0 Å². The van der Waals surface area contributed by atoms with Crippen molar-refractivity contribution >= 4 is 11.7 Å². The van der Waals surface area contributed by atoms with Crippen molar-refractivity contribution in [2.45, 2.75) is 6.42 Å². The molecule has 0 aliphatic carbocycles. The van der Waals surface area contributed by atoms with Gasteiger partial charge in [0.15, 0.2) is 0 Å². The van der Waals surface area contributed by atoms with Gasteiger partial charge in [-0.1, -0.05) is 6.08 Å². The summed E-state index contributed by atoms with van der Waals surface area (Å²) in [5.41, 5.74) is 1.28. The second-order valence-electron chi connectivity index (χ2n) is 4.06. The maximum atomic E-state index is 11.9. The number of hydrogen-bond donors (Lipinski definition) is 1. The fourth-order valence-corrected chi connectivity index (χ4v) is 1.94. The minimum absolute atomic E-state index is 0.0917. The van der Waals surface area contributed by atoms with Gasteiger partial charge in [-0.3, -0.25) is 4.79 Å². The van der Waals surface area contributed by atoms with E-state index in [1.165, 1.54) is 9.47 Å². The number of aromatic nitrogens is 1. The number of pyridine rings is 1. The Balaban J connectivity index is 2.35. The first-order chi connectivity index (χ1) is 8.09. The van der Waals surface area contributed by atoms with Crippen molar-refractivity contribution in [3.05, 3.63) is 40.3 Å². The summed E-state index contributed by atoms with van der Waals surface area (Å²) in [4.78, 5) is 24.1. The van der Waals surface area contributed by atoms with E-state index in [1.807, 2.05) is 6.08 Å². The van der Waals surface area contributed by atoms with Crippen molar-refractivity contribution in [1.82, 2.24) is 9.47 Å². The van der Waals surface area contributed by atoms with E-state index >= 15 is 0 Å². The van der Waals surface area contributed by atoms with E-state index in [2.05, 4.69) is 0 Å². The third kappa shape index (κ3) is 2.22. The lowest BCUT2D eigenvalue weighted by molar-refractivity contribution is 0.150. The normalized spacial score (nSPS) is 15.6. The molecule has 0 bridgehead atoms. The highest BCUT2D eigenvalue weighted by Gasteiger charge is 2.19. The van der Waals surface area contributed by atoms with Crippen molar-refractivity contribution in [1.29, 1.82) is 0 Å². The second-order valence-corrected chi connectivity index (χ2v) is 4.06. The van der Waals surface area contributed by atoms with E-state index < -0.39 is 6.09 Å². The SMILES string of the molecule is Cn1cccc(C2=CCCN(C(=O)O)C2)c1=O. The average Bonchev–Trinajstić information content (AvgIpc) is 2.33. The maximum absolute atomic E-state index is 11.9. The Morgan fingerprint density at radius 3 is 2.94 bits per heavy atom. The van der Waals surface area contributed by atoms with Crippen LogP contribution in [0.4, 0.5) is 4.79 Å². The highest BCUT2D eigenvalue weighted by atomic mass is 16.4. The van der Waals surface area contributed by atoms with Gasteiger partial charge in [0.2, 0.25) is 0 Å². The quantitative estimate of drug-likeness (QED) is 0.793. The lowest BCUT2D eigenvalue weighted by Gasteiger charge is -2.24. The molecule has 17 heavy (non-hydrogen) atoms. The molecule has 1 aromatic rings. The highest BCUT2D eigenvalue weighted by molar-refractivity contribution is 5.73. The second kappa shape index (κ2) is 4.45. The van der Waals surface area contributed by atoms with Crippen LogP contribution in [0.2, 0.25) is 0 Å². The van der Waals surface area contributed by atoms with E-state index in [4.69, 9.17) is 5.11 Å². The molecular formula is C12H14N2O3. The third-order valence-electron chi connectivity index (χ3n) is 2.89. The lowest BCUT2D eigenvalue weighted by Crippen LogP contribution is -2.35. The Morgan fingerprint density at radius 1 is 1.47 bits per heavy atom. The van der Waals surface area contributed by atoms with E-state index in [1.54, 1.807) is 25.4 Å². The first-order valence-corrected chi connectivity index (χ1v) is 5.42. The highest BCUT2D eigenvalue weighted by Crippen LogP contribution is 2.17. The molecule has 5 heteroatoms. The van der Waals surface area contributed by atoms with Gasteiger partial charge in [0, 0.05) is 31.9 Å². The molecule has 0 saturated heterocycles. The molecule has 0 spiro atoms. The van der Waals surface area contributed by atoms with Crippen LogP contribution in [0.15, 0.2) is 29.2 Å². The Kier molecular flexibility index (Phi) is 2.99. The van der Waals surface area contributed by atoms with Crippen molar-refractivity contribution in [2.75, 3.05) is 13.1 Å². The smallest absolute Gasteiger partial charge is 0.407 e. The summed E-state index contributed by atoms with van der Waals surface area (Å²) in [7, 11) is 1.68. The zero-order valence-electron chi connectivity index (χ0n) is 9.59. The zero-order chi connectivity index (χ0) is 12.4. The number of amides is 1. The molecule has 1 aliphatic heterocycles. The predicted octanol–water partition coefficient (Wildman–Crippen LogP) is 1.15. The molecule has 1 N–H and O–H groups in total. The minimum Gasteiger partial charge on any atom is -0.465 e. The molecule has 0 aromatic carbocycles. The van der Waals surface area contributed by atoms with Crippen molar-refractivity contribution < 1.29 is 9.90 Å². The molecule has 90 valence electrons. The molecule has 2 heterocycles. The summed E-state index contributed by atoms with van der Waals surface area (Å²) in [5, 5.41) is 8.94. The molecule has 1 aliphatic rings. The fourth-order valence-electron chi connectivity index (χ4n) is 1.94. The van der Waals surface area contributed by atoms with Gasteiger partial charge in [0.1, 0.15) is 0 Å². The minimum atomic E-state index is -0.941. The number of carbonyl (C=O) groups is 1. The standard InChI is InChI=1S/C12H14N2O3/c1-13-6-3-5-10(11(13)15)9-4-2-7-14(8-9)12(16)17/h3-6H,2,7-8H2,1H3,(H,16,17). The largest absolute Gasteiger partial charge is 0.465 e. The molecule has 0 fully saturated rings. The molecular weight excluding hydrogens is 220 g/mol. The summed E-state index contributed by atoms with van der Waals surface area (Å²) in [6.07, 6.45) is 3.34. The van der Waals surface area contributed by atoms with Crippen LogP contribution in [0.1, 0.15) is 12.0 Å². The van der Waals surface area contributed by atoms with Crippen molar-refractivity contribution in [3.8, 4) is 0 Å². The van der Waals surface area contributed by atoms with E-state index in [0.29, 0.717) is 18.5 Å². The van der Waals surface area contributed by atoms with Crippen LogP contribution >= 0.6 is 0 Å². The Bertz CT molecular complexity index is 531. The summed E-state index contributed by atoms with van der Waals surface area (Å²) >= 11 is 0. The predicted molar refractivity (Wildman–Crippen MR) is 63.9 cm³/mol. The number of aryl methyl sites for hydroxylation is 1. The molecule has 0 unspecified atom stereocenters. The van der Waals surface area contributed by atoms with Gasteiger partial charge in [-0.05, 0) is 24.1 Å². The summed E-state index contributed by atoms with van der Waals surface area (Å²) in [6.45, 7) is 0.778. The van der Waals surface area contributed by atoms with Crippen molar-refractivity contribution in [2.24, 2.45) is 7.05 Å². The lowest BCUT2D eigenvalue weighted by atomic mass is 10.0. The van der Waals surface area contributed by atoms with Gasteiger partial charge in [0.25, 0.3) is 5.56 Å².